The number of halogens is 1. The third-order valence-corrected chi connectivity index (χ3v) is 5.35. The van der Waals surface area contributed by atoms with Crippen molar-refractivity contribution in [1.82, 2.24) is 0 Å². The van der Waals surface area contributed by atoms with Crippen LogP contribution in [-0.4, -0.2) is 30.4 Å². The highest BCUT2D eigenvalue weighted by Gasteiger charge is 2.58. The van der Waals surface area contributed by atoms with Crippen LogP contribution in [0.5, 0.6) is 0 Å². The Bertz CT molecular complexity index is 613. The Kier molecular flexibility index (Phi) is 4.91. The largest absolute Gasteiger partial charge is 0.368 e. The minimum Gasteiger partial charge on any atom is -0.368 e. The first-order valence-electron chi connectivity index (χ1n) is 9.18. The van der Waals surface area contributed by atoms with Gasteiger partial charge in [0.15, 0.2) is 12.1 Å². The van der Waals surface area contributed by atoms with Crippen LogP contribution in [0, 0.1) is 5.82 Å². The first-order chi connectivity index (χ1) is 12.2. The lowest BCUT2D eigenvalue weighted by molar-refractivity contribution is -0.248. The van der Waals surface area contributed by atoms with Crippen molar-refractivity contribution < 1.29 is 23.3 Å². The number of fused-ring (bicyclic) bond motifs is 1. The molecule has 3 aliphatic rings. The average Bonchev–Trinajstić information content (AvgIpc) is 3.09. The van der Waals surface area contributed by atoms with Crippen LogP contribution < -0.4 is 0 Å². The van der Waals surface area contributed by atoms with Gasteiger partial charge in [0.05, 0.1) is 12.7 Å². The quantitative estimate of drug-likeness (QED) is 0.751. The highest BCUT2D eigenvalue weighted by molar-refractivity contribution is 5.16. The van der Waals surface area contributed by atoms with Crippen molar-refractivity contribution in [2.45, 2.75) is 75.5 Å². The molecule has 1 aromatic rings. The standard InChI is InChI=1S/C20H25FO4/c1-2-8-16-17(22-13-14-9-4-5-10-15(14)21)18-19(23-16)25-20(24-18)11-6-3-7-12-20/h2,4-5,9-10,16-19H,1,3,6-8,11-13H2/t16-,17+,18-,19-/m1/s1. The van der Waals surface area contributed by atoms with Gasteiger partial charge in [-0.05, 0) is 25.3 Å². The molecular formula is C20H25FO4. The molecule has 4 rings (SSSR count). The summed E-state index contributed by atoms with van der Waals surface area (Å²) in [5.74, 6) is -0.780. The van der Waals surface area contributed by atoms with E-state index < -0.39 is 12.1 Å². The molecule has 0 amide bonds. The van der Waals surface area contributed by atoms with Gasteiger partial charge in [0, 0.05) is 18.4 Å². The molecule has 1 aromatic carbocycles. The van der Waals surface area contributed by atoms with Crippen LogP contribution in [-0.2, 0) is 25.6 Å². The van der Waals surface area contributed by atoms with Crippen LogP contribution in [0.4, 0.5) is 4.39 Å². The smallest absolute Gasteiger partial charge is 0.190 e. The lowest BCUT2D eigenvalue weighted by Crippen LogP contribution is -2.39. The molecule has 0 aromatic heterocycles. The molecule has 4 nitrogen and oxygen atoms in total. The van der Waals surface area contributed by atoms with E-state index in [1.807, 2.05) is 12.1 Å². The number of ether oxygens (including phenoxy) is 4. The summed E-state index contributed by atoms with van der Waals surface area (Å²) in [7, 11) is 0. The maximum absolute atomic E-state index is 13.9. The van der Waals surface area contributed by atoms with Crippen LogP contribution in [0.25, 0.3) is 0 Å². The Hall–Kier alpha value is -1.27. The summed E-state index contributed by atoms with van der Waals surface area (Å²) in [6.07, 6.45) is 6.54. The monoisotopic (exact) mass is 348 g/mol. The Labute approximate surface area is 147 Å². The first-order valence-corrected chi connectivity index (χ1v) is 9.18. The molecule has 0 bridgehead atoms. The van der Waals surface area contributed by atoms with Crippen LogP contribution >= 0.6 is 0 Å². The molecule has 2 saturated heterocycles. The van der Waals surface area contributed by atoms with E-state index in [1.165, 1.54) is 12.5 Å². The van der Waals surface area contributed by atoms with Crippen molar-refractivity contribution in [3.63, 3.8) is 0 Å². The fraction of sp³-hybridized carbons (Fsp3) is 0.600. The van der Waals surface area contributed by atoms with Crippen molar-refractivity contribution in [1.29, 1.82) is 0 Å². The lowest BCUT2D eigenvalue weighted by atomic mass is 9.94. The van der Waals surface area contributed by atoms with Crippen molar-refractivity contribution >= 4 is 0 Å². The summed E-state index contributed by atoms with van der Waals surface area (Å²) in [6.45, 7) is 3.98. The van der Waals surface area contributed by atoms with E-state index in [0.717, 1.165) is 25.7 Å². The predicted molar refractivity (Wildman–Crippen MR) is 90.2 cm³/mol. The van der Waals surface area contributed by atoms with E-state index in [1.54, 1.807) is 12.1 Å². The predicted octanol–water partition coefficient (Wildman–Crippen LogP) is 4.09. The molecule has 2 heterocycles. The second-order valence-corrected chi connectivity index (χ2v) is 7.11. The van der Waals surface area contributed by atoms with Gasteiger partial charge in [0.2, 0.25) is 0 Å². The van der Waals surface area contributed by atoms with Gasteiger partial charge in [-0.2, -0.15) is 0 Å². The molecule has 4 atom stereocenters. The molecule has 2 aliphatic heterocycles. The summed E-state index contributed by atoms with van der Waals surface area (Å²) < 4.78 is 38.5. The molecule has 1 spiro atoms. The van der Waals surface area contributed by atoms with Crippen LogP contribution in [0.1, 0.15) is 44.1 Å². The minimum atomic E-state index is -0.521. The third kappa shape index (κ3) is 3.38. The van der Waals surface area contributed by atoms with E-state index in [0.29, 0.717) is 12.0 Å². The summed E-state index contributed by atoms with van der Waals surface area (Å²) in [5, 5.41) is 0. The topological polar surface area (TPSA) is 36.9 Å². The Morgan fingerprint density at radius 3 is 2.76 bits per heavy atom. The van der Waals surface area contributed by atoms with Crippen LogP contribution in [0.15, 0.2) is 36.9 Å². The molecule has 0 N–H and O–H groups in total. The normalized spacial score (nSPS) is 33.5. The number of hydrogen-bond acceptors (Lipinski definition) is 4. The zero-order valence-corrected chi connectivity index (χ0v) is 14.4. The molecule has 0 radical (unpaired) electrons. The molecule has 1 saturated carbocycles. The minimum absolute atomic E-state index is 0.180. The SMILES string of the molecule is C=CC[C@H]1O[C@@H]2OC3(CCCCC3)O[C@@H]2[C@H]1OCc1ccccc1F. The van der Waals surface area contributed by atoms with Gasteiger partial charge in [-0.3, -0.25) is 0 Å². The zero-order chi connectivity index (χ0) is 17.3. The molecule has 5 heteroatoms. The molecule has 1 aliphatic carbocycles. The Morgan fingerprint density at radius 2 is 2.00 bits per heavy atom. The lowest BCUT2D eigenvalue weighted by Gasteiger charge is -2.34. The van der Waals surface area contributed by atoms with E-state index in [-0.39, 0.29) is 30.7 Å². The number of hydrogen-bond donors (Lipinski definition) is 0. The van der Waals surface area contributed by atoms with Gasteiger partial charge in [0.1, 0.15) is 18.0 Å². The maximum Gasteiger partial charge on any atom is 0.190 e. The number of rotatable bonds is 5. The van der Waals surface area contributed by atoms with Crippen LogP contribution in [0.3, 0.4) is 0 Å². The van der Waals surface area contributed by atoms with Crippen molar-refractivity contribution in [3.8, 4) is 0 Å². The van der Waals surface area contributed by atoms with Gasteiger partial charge in [-0.1, -0.05) is 30.7 Å². The van der Waals surface area contributed by atoms with E-state index in [9.17, 15) is 4.39 Å². The van der Waals surface area contributed by atoms with Gasteiger partial charge in [-0.15, -0.1) is 6.58 Å². The Morgan fingerprint density at radius 1 is 1.20 bits per heavy atom. The van der Waals surface area contributed by atoms with Gasteiger partial charge in [0.25, 0.3) is 0 Å². The fourth-order valence-electron chi connectivity index (χ4n) is 4.08. The second-order valence-electron chi connectivity index (χ2n) is 7.11. The fourth-order valence-corrected chi connectivity index (χ4v) is 4.08. The second kappa shape index (κ2) is 7.16. The Balaban J connectivity index is 1.47. The zero-order valence-electron chi connectivity index (χ0n) is 14.4. The third-order valence-electron chi connectivity index (χ3n) is 5.35. The summed E-state index contributed by atoms with van der Waals surface area (Å²) >= 11 is 0. The van der Waals surface area contributed by atoms with E-state index in [2.05, 4.69) is 6.58 Å². The van der Waals surface area contributed by atoms with Gasteiger partial charge in [-0.25, -0.2) is 4.39 Å². The summed E-state index contributed by atoms with van der Waals surface area (Å²) in [4.78, 5) is 0. The molecule has 136 valence electrons. The van der Waals surface area contributed by atoms with Crippen molar-refractivity contribution in [2.24, 2.45) is 0 Å². The summed E-state index contributed by atoms with van der Waals surface area (Å²) in [5.41, 5.74) is 0.537. The van der Waals surface area contributed by atoms with E-state index >= 15 is 0 Å². The van der Waals surface area contributed by atoms with Crippen LogP contribution in [0.2, 0.25) is 0 Å². The van der Waals surface area contributed by atoms with Crippen molar-refractivity contribution in [2.75, 3.05) is 0 Å². The molecule has 0 unspecified atom stereocenters. The average molecular weight is 348 g/mol. The molecule has 3 fully saturated rings. The first kappa shape index (κ1) is 17.2. The highest BCUT2D eigenvalue weighted by Crippen LogP contribution is 2.46. The number of benzene rings is 1. The summed E-state index contributed by atoms with van der Waals surface area (Å²) in [6, 6.07) is 6.66. The van der Waals surface area contributed by atoms with Gasteiger partial charge >= 0.3 is 0 Å². The molecular weight excluding hydrogens is 323 g/mol. The maximum atomic E-state index is 13.9. The highest BCUT2D eigenvalue weighted by atomic mass is 19.1. The van der Waals surface area contributed by atoms with Crippen molar-refractivity contribution in [3.05, 3.63) is 48.3 Å². The molecule has 25 heavy (non-hydrogen) atoms. The van der Waals surface area contributed by atoms with E-state index in [4.69, 9.17) is 18.9 Å². The van der Waals surface area contributed by atoms with Gasteiger partial charge < -0.3 is 18.9 Å².